The summed E-state index contributed by atoms with van der Waals surface area (Å²) in [5.74, 6) is 0. The molecule has 1 fully saturated rings. The highest BCUT2D eigenvalue weighted by Gasteiger charge is 2.41. The minimum absolute atomic E-state index is 0.0195. The van der Waals surface area contributed by atoms with Crippen LogP contribution in [-0.2, 0) is 4.74 Å². The van der Waals surface area contributed by atoms with E-state index in [0.717, 1.165) is 5.70 Å². The molecule has 0 N–H and O–H groups in total. The zero-order valence-corrected chi connectivity index (χ0v) is 9.46. The molecule has 0 aromatic carbocycles. The van der Waals surface area contributed by atoms with Gasteiger partial charge in [-0.05, 0) is 13.1 Å². The molecule has 0 heterocycles. The Balaban J connectivity index is 0.000000791. The lowest BCUT2D eigenvalue weighted by molar-refractivity contribution is 0.306. The lowest BCUT2D eigenvalue weighted by Gasteiger charge is -2.19. The Morgan fingerprint density at radius 2 is 2.07 bits per heavy atom. The van der Waals surface area contributed by atoms with Gasteiger partial charge < -0.3 is 9.64 Å². The van der Waals surface area contributed by atoms with Crippen LogP contribution in [0.2, 0.25) is 0 Å². The van der Waals surface area contributed by atoms with Gasteiger partial charge in [0.05, 0.1) is 13.2 Å². The predicted octanol–water partition coefficient (Wildman–Crippen LogP) is 3.08. The van der Waals surface area contributed by atoms with E-state index in [-0.39, 0.29) is 6.04 Å². The van der Waals surface area contributed by atoms with Crippen LogP contribution in [0.4, 0.5) is 4.39 Å². The maximum Gasteiger partial charge on any atom is 0.123 e. The summed E-state index contributed by atoms with van der Waals surface area (Å²) in [6.07, 6.45) is 3.12. The van der Waals surface area contributed by atoms with Gasteiger partial charge in [-0.1, -0.05) is 20.4 Å². The molecule has 1 rings (SSSR count). The first kappa shape index (κ1) is 13.0. The summed E-state index contributed by atoms with van der Waals surface area (Å²) in [4.78, 5) is 1.80. The van der Waals surface area contributed by atoms with Crippen molar-refractivity contribution in [3.05, 3.63) is 24.7 Å². The molecule has 0 aromatic rings. The quantitative estimate of drug-likeness (QED) is 0.648. The second kappa shape index (κ2) is 6.46. The van der Waals surface area contributed by atoms with E-state index in [0.29, 0.717) is 6.42 Å². The molecular formula is C11H20FNO. The van der Waals surface area contributed by atoms with E-state index < -0.39 is 6.17 Å². The molecule has 0 aliphatic heterocycles. The van der Waals surface area contributed by atoms with Gasteiger partial charge in [0.25, 0.3) is 0 Å². The summed E-state index contributed by atoms with van der Waals surface area (Å²) in [5, 5.41) is 0. The van der Waals surface area contributed by atoms with Crippen molar-refractivity contribution < 1.29 is 9.13 Å². The van der Waals surface area contributed by atoms with E-state index in [4.69, 9.17) is 4.74 Å². The second-order valence-electron chi connectivity index (χ2n) is 2.90. The molecule has 14 heavy (non-hydrogen) atoms. The average molecular weight is 201 g/mol. The van der Waals surface area contributed by atoms with E-state index in [9.17, 15) is 4.39 Å². The third kappa shape index (κ3) is 3.40. The number of hydrogen-bond acceptors (Lipinski definition) is 2. The number of halogens is 1. The van der Waals surface area contributed by atoms with E-state index in [2.05, 4.69) is 6.58 Å². The van der Waals surface area contributed by atoms with Crippen LogP contribution in [0, 0.1) is 0 Å². The number of alkyl halides is 1. The molecule has 0 amide bonds. The van der Waals surface area contributed by atoms with Crippen molar-refractivity contribution in [2.24, 2.45) is 0 Å². The highest BCUT2D eigenvalue weighted by atomic mass is 19.1. The van der Waals surface area contributed by atoms with Crippen molar-refractivity contribution in [2.45, 2.75) is 39.4 Å². The summed E-state index contributed by atoms with van der Waals surface area (Å²) in [7, 11) is 1.57. The Labute approximate surface area is 86.0 Å². The van der Waals surface area contributed by atoms with Crippen molar-refractivity contribution >= 4 is 0 Å². The fourth-order valence-corrected chi connectivity index (χ4v) is 1.21. The molecule has 2 atom stereocenters. The van der Waals surface area contributed by atoms with Gasteiger partial charge in [0.15, 0.2) is 0 Å². The first-order chi connectivity index (χ1) is 6.70. The molecule has 1 unspecified atom stereocenters. The van der Waals surface area contributed by atoms with E-state index in [1.165, 1.54) is 0 Å². The molecule has 0 saturated heterocycles. The van der Waals surface area contributed by atoms with Crippen LogP contribution in [0.25, 0.3) is 0 Å². The molecule has 2 nitrogen and oxygen atoms in total. The number of hydrogen-bond donors (Lipinski definition) is 0. The van der Waals surface area contributed by atoms with Gasteiger partial charge in [-0.3, -0.25) is 0 Å². The maximum atomic E-state index is 12.7. The molecule has 0 aromatic heterocycles. The predicted molar refractivity (Wildman–Crippen MR) is 57.5 cm³/mol. The highest BCUT2D eigenvalue weighted by molar-refractivity contribution is 5.09. The van der Waals surface area contributed by atoms with Crippen molar-refractivity contribution in [1.29, 1.82) is 0 Å². The van der Waals surface area contributed by atoms with Crippen LogP contribution in [0.5, 0.6) is 0 Å². The molecule has 1 aliphatic carbocycles. The zero-order chi connectivity index (χ0) is 11.1. The Kier molecular flexibility index (Phi) is 6.00. The van der Waals surface area contributed by atoms with E-state index in [1.54, 1.807) is 24.5 Å². The smallest absolute Gasteiger partial charge is 0.123 e. The van der Waals surface area contributed by atoms with Gasteiger partial charge in [0.1, 0.15) is 12.4 Å². The van der Waals surface area contributed by atoms with Gasteiger partial charge in [-0.15, -0.1) is 0 Å². The first-order valence-corrected chi connectivity index (χ1v) is 4.95. The van der Waals surface area contributed by atoms with Gasteiger partial charge >= 0.3 is 0 Å². The van der Waals surface area contributed by atoms with Crippen LogP contribution in [0.1, 0.15) is 27.2 Å². The molecular weight excluding hydrogens is 181 g/mol. The number of rotatable bonds is 4. The molecule has 0 bridgehead atoms. The van der Waals surface area contributed by atoms with E-state index >= 15 is 0 Å². The Morgan fingerprint density at radius 3 is 2.36 bits per heavy atom. The van der Waals surface area contributed by atoms with E-state index in [1.807, 2.05) is 20.8 Å². The van der Waals surface area contributed by atoms with Crippen molar-refractivity contribution in [3.8, 4) is 0 Å². The number of nitrogens with zero attached hydrogens (tertiary/aromatic N) is 1. The summed E-state index contributed by atoms with van der Waals surface area (Å²) in [6.45, 7) is 9.49. The monoisotopic (exact) mass is 201 g/mol. The van der Waals surface area contributed by atoms with Crippen molar-refractivity contribution in [3.63, 3.8) is 0 Å². The van der Waals surface area contributed by atoms with Gasteiger partial charge in [0.2, 0.25) is 0 Å². The lowest BCUT2D eigenvalue weighted by atomic mass is 10.4. The number of allylic oxidation sites excluding steroid dienone is 1. The first-order valence-electron chi connectivity index (χ1n) is 4.95. The third-order valence-electron chi connectivity index (χ3n) is 1.93. The van der Waals surface area contributed by atoms with Crippen molar-refractivity contribution in [2.75, 3.05) is 7.11 Å². The van der Waals surface area contributed by atoms with Crippen molar-refractivity contribution in [1.82, 2.24) is 4.90 Å². The van der Waals surface area contributed by atoms with Crippen LogP contribution in [-0.4, -0.2) is 24.2 Å². The van der Waals surface area contributed by atoms with Crippen LogP contribution in [0.15, 0.2) is 24.7 Å². The van der Waals surface area contributed by atoms with Crippen LogP contribution >= 0.6 is 0 Å². The minimum atomic E-state index is -0.705. The fourth-order valence-electron chi connectivity index (χ4n) is 1.21. The molecule has 82 valence electrons. The fraction of sp³-hybridized carbons (Fsp3) is 0.636. The Hall–Kier alpha value is -0.990. The summed E-state index contributed by atoms with van der Waals surface area (Å²) < 4.78 is 17.5. The second-order valence-corrected chi connectivity index (χ2v) is 2.90. The third-order valence-corrected chi connectivity index (χ3v) is 1.93. The molecule has 1 saturated carbocycles. The topological polar surface area (TPSA) is 12.5 Å². The van der Waals surface area contributed by atoms with Crippen LogP contribution in [0.3, 0.4) is 0 Å². The lowest BCUT2D eigenvalue weighted by Crippen LogP contribution is -2.19. The minimum Gasteiger partial charge on any atom is -0.503 e. The standard InChI is InChI=1S/C9H14FNO.C2H6/c1-4-11(7(2)6-12-3)9-5-8(9)10;1-2/h4,6,8-9H,1,5H2,2-3H3;1-2H3/b7-6+;/t8?,9-;/m1./s1. The van der Waals surface area contributed by atoms with Crippen LogP contribution < -0.4 is 0 Å². The average Bonchev–Trinajstić information content (AvgIpc) is 2.88. The maximum absolute atomic E-state index is 12.7. The molecule has 1 aliphatic rings. The Bertz CT molecular complexity index is 203. The summed E-state index contributed by atoms with van der Waals surface area (Å²) in [5.41, 5.74) is 0.887. The normalized spacial score (nSPS) is 24.5. The van der Waals surface area contributed by atoms with Gasteiger partial charge in [-0.25, -0.2) is 4.39 Å². The summed E-state index contributed by atoms with van der Waals surface area (Å²) in [6, 6.07) is -0.0195. The number of methoxy groups -OCH3 is 1. The SMILES string of the molecule is C=CN(/C(C)=C/OC)[C@@H]1CC1F.CC. The zero-order valence-electron chi connectivity index (χ0n) is 9.46. The molecule has 0 spiro atoms. The molecule has 3 heteroatoms. The highest BCUT2D eigenvalue weighted by Crippen LogP contribution is 2.33. The number of ether oxygens (including phenoxy) is 1. The van der Waals surface area contributed by atoms with Gasteiger partial charge in [0, 0.05) is 12.1 Å². The Morgan fingerprint density at radius 1 is 1.57 bits per heavy atom. The largest absolute Gasteiger partial charge is 0.503 e. The van der Waals surface area contributed by atoms with Gasteiger partial charge in [-0.2, -0.15) is 0 Å². The molecule has 0 radical (unpaired) electrons. The summed E-state index contributed by atoms with van der Waals surface area (Å²) >= 11 is 0.